The van der Waals surface area contributed by atoms with Crippen LogP contribution in [0.3, 0.4) is 0 Å². The second-order valence-corrected chi connectivity index (χ2v) is 7.56. The van der Waals surface area contributed by atoms with Crippen LogP contribution in [0.4, 0.5) is 5.95 Å². The third-order valence-electron chi connectivity index (χ3n) is 5.40. The zero-order valence-electron chi connectivity index (χ0n) is 14.8. The summed E-state index contributed by atoms with van der Waals surface area (Å²) < 4.78 is 1.74. The van der Waals surface area contributed by atoms with Crippen molar-refractivity contribution in [1.29, 1.82) is 0 Å². The van der Waals surface area contributed by atoms with Gasteiger partial charge in [0.05, 0.1) is 12.0 Å². The van der Waals surface area contributed by atoms with Crippen molar-refractivity contribution in [2.24, 2.45) is 5.92 Å². The molecular formula is C21H17ClN4O2. The minimum Gasteiger partial charge on any atom is -0.508 e. The molecule has 0 radical (unpaired) electrons. The van der Waals surface area contributed by atoms with E-state index in [0.29, 0.717) is 17.4 Å². The molecular weight excluding hydrogens is 376 g/mol. The number of nitrogens with one attached hydrogen (secondary N) is 1. The summed E-state index contributed by atoms with van der Waals surface area (Å²) in [6.07, 6.45) is 3.98. The Balaban J connectivity index is 1.61. The first-order valence-corrected chi connectivity index (χ1v) is 9.43. The lowest BCUT2D eigenvalue weighted by molar-refractivity contribution is -0.123. The Kier molecular flexibility index (Phi) is 3.94. The molecule has 1 aromatic heterocycles. The molecule has 1 aliphatic carbocycles. The predicted molar refractivity (Wildman–Crippen MR) is 105 cm³/mol. The van der Waals surface area contributed by atoms with Gasteiger partial charge in [0.25, 0.3) is 0 Å². The van der Waals surface area contributed by atoms with Crippen molar-refractivity contribution >= 4 is 23.3 Å². The highest BCUT2D eigenvalue weighted by Gasteiger charge is 2.43. The summed E-state index contributed by atoms with van der Waals surface area (Å²) in [7, 11) is 0. The van der Waals surface area contributed by atoms with Gasteiger partial charge >= 0.3 is 0 Å². The van der Waals surface area contributed by atoms with Gasteiger partial charge in [-0.25, -0.2) is 4.68 Å². The van der Waals surface area contributed by atoms with Crippen LogP contribution in [0.1, 0.15) is 29.5 Å². The number of allylic oxidation sites excluding steroid dienone is 2. The number of hydrogen-bond acceptors (Lipinski definition) is 5. The number of phenolic OH excluding ortho intramolecular Hbond substituents is 1. The number of carbonyl (C=O) groups excluding carboxylic acids is 1. The molecule has 5 rings (SSSR count). The van der Waals surface area contributed by atoms with Crippen LogP contribution < -0.4 is 5.32 Å². The maximum absolute atomic E-state index is 13.3. The summed E-state index contributed by atoms with van der Waals surface area (Å²) >= 11 is 6.14. The molecule has 6 nitrogen and oxygen atoms in total. The monoisotopic (exact) mass is 392 g/mol. The van der Waals surface area contributed by atoms with Crippen LogP contribution in [0.2, 0.25) is 5.02 Å². The predicted octanol–water partition coefficient (Wildman–Crippen LogP) is 3.91. The molecule has 3 aromatic rings. The number of nitrogens with zero attached hydrogens (tertiary/aromatic N) is 3. The van der Waals surface area contributed by atoms with Gasteiger partial charge in [-0.1, -0.05) is 41.9 Å². The molecule has 0 spiro atoms. The SMILES string of the molecule is O=C1C[C@H](c2cccc(Cl)c2)C=C2Nc3ncnn3[C@@H](c3ccc(O)cc3)[C@H]12. The Morgan fingerprint density at radius 1 is 1.14 bits per heavy atom. The lowest BCUT2D eigenvalue weighted by atomic mass is 9.76. The van der Waals surface area contributed by atoms with Gasteiger partial charge in [-0.15, -0.1) is 0 Å². The molecule has 0 saturated carbocycles. The Morgan fingerprint density at radius 3 is 2.75 bits per heavy atom. The number of phenols is 1. The third-order valence-corrected chi connectivity index (χ3v) is 5.64. The van der Waals surface area contributed by atoms with Crippen LogP contribution in [0.5, 0.6) is 5.75 Å². The van der Waals surface area contributed by atoms with Crippen molar-refractivity contribution in [3.63, 3.8) is 0 Å². The second-order valence-electron chi connectivity index (χ2n) is 7.12. The fourth-order valence-electron chi connectivity index (χ4n) is 4.13. The van der Waals surface area contributed by atoms with Gasteiger partial charge in [-0.2, -0.15) is 10.1 Å². The quantitative estimate of drug-likeness (QED) is 0.691. The number of Topliss-reactive ketones (excluding diaryl/α,β-unsaturated/α-hetero) is 1. The third kappa shape index (κ3) is 2.77. The van der Waals surface area contributed by atoms with Crippen LogP contribution in [0.25, 0.3) is 0 Å². The molecule has 2 aromatic carbocycles. The summed E-state index contributed by atoms with van der Waals surface area (Å²) in [5.41, 5.74) is 2.75. The Hall–Kier alpha value is -3.12. The minimum absolute atomic E-state index is 0.0418. The molecule has 0 amide bonds. The van der Waals surface area contributed by atoms with Crippen molar-refractivity contribution in [1.82, 2.24) is 14.8 Å². The van der Waals surface area contributed by atoms with E-state index in [-0.39, 0.29) is 29.4 Å². The number of hydrogen-bond donors (Lipinski definition) is 2. The zero-order valence-corrected chi connectivity index (χ0v) is 15.5. The Labute approximate surface area is 166 Å². The average Bonchev–Trinajstić information content (AvgIpc) is 3.15. The Morgan fingerprint density at radius 2 is 1.96 bits per heavy atom. The summed E-state index contributed by atoms with van der Waals surface area (Å²) in [6, 6.07) is 14.2. The van der Waals surface area contributed by atoms with Gasteiger partial charge in [0.2, 0.25) is 5.95 Å². The lowest BCUT2D eigenvalue weighted by Gasteiger charge is -2.38. The minimum atomic E-state index is -0.380. The second kappa shape index (κ2) is 6.49. The van der Waals surface area contributed by atoms with Crippen LogP contribution in [0.15, 0.2) is 66.6 Å². The molecule has 0 bridgehead atoms. The normalized spacial score (nSPS) is 23.4. The van der Waals surface area contributed by atoms with E-state index in [0.717, 1.165) is 16.8 Å². The van der Waals surface area contributed by atoms with Crippen molar-refractivity contribution in [3.05, 3.63) is 82.8 Å². The average molecular weight is 393 g/mol. The molecule has 3 atom stereocenters. The molecule has 2 N–H and O–H groups in total. The van der Waals surface area contributed by atoms with E-state index in [1.807, 2.05) is 36.4 Å². The van der Waals surface area contributed by atoms with Gasteiger partial charge in [0.1, 0.15) is 17.9 Å². The number of halogens is 1. The summed E-state index contributed by atoms with van der Waals surface area (Å²) in [5, 5.41) is 17.9. The maximum Gasteiger partial charge on any atom is 0.226 e. The molecule has 1 aliphatic heterocycles. The van der Waals surface area contributed by atoms with Gasteiger partial charge in [0.15, 0.2) is 0 Å². The van der Waals surface area contributed by atoms with E-state index < -0.39 is 0 Å². The molecule has 2 aliphatic rings. The number of anilines is 1. The summed E-state index contributed by atoms with van der Waals surface area (Å²) in [5.74, 6) is 0.492. The van der Waals surface area contributed by atoms with Crippen molar-refractivity contribution in [2.75, 3.05) is 5.32 Å². The molecule has 0 fully saturated rings. The van der Waals surface area contributed by atoms with E-state index in [1.54, 1.807) is 16.8 Å². The Bertz CT molecular complexity index is 1090. The molecule has 2 heterocycles. The smallest absolute Gasteiger partial charge is 0.226 e. The van der Waals surface area contributed by atoms with Crippen molar-refractivity contribution in [2.45, 2.75) is 18.4 Å². The van der Waals surface area contributed by atoms with Crippen LogP contribution in [-0.2, 0) is 4.79 Å². The summed E-state index contributed by atoms with van der Waals surface area (Å²) in [6.45, 7) is 0. The maximum atomic E-state index is 13.3. The molecule has 28 heavy (non-hydrogen) atoms. The van der Waals surface area contributed by atoms with Crippen LogP contribution in [0, 0.1) is 5.92 Å². The van der Waals surface area contributed by atoms with Gasteiger partial charge < -0.3 is 10.4 Å². The number of benzene rings is 2. The van der Waals surface area contributed by atoms with E-state index in [2.05, 4.69) is 21.5 Å². The highest BCUT2D eigenvalue weighted by atomic mass is 35.5. The largest absolute Gasteiger partial charge is 0.508 e. The first-order chi connectivity index (χ1) is 13.6. The number of fused-ring (bicyclic) bond motifs is 2. The van der Waals surface area contributed by atoms with Gasteiger partial charge in [-0.3, -0.25) is 4.79 Å². The van der Waals surface area contributed by atoms with Gasteiger partial charge in [0, 0.05) is 23.1 Å². The number of rotatable bonds is 2. The van der Waals surface area contributed by atoms with Crippen LogP contribution >= 0.6 is 11.6 Å². The van der Waals surface area contributed by atoms with E-state index in [4.69, 9.17) is 11.6 Å². The number of ketones is 1. The van der Waals surface area contributed by atoms with Gasteiger partial charge in [-0.05, 0) is 35.4 Å². The number of aromatic hydroxyl groups is 1. The fraction of sp³-hybridized carbons (Fsp3) is 0.190. The van der Waals surface area contributed by atoms with Crippen molar-refractivity contribution < 1.29 is 9.90 Å². The standard InChI is InChI=1S/C21H17ClN4O2/c22-15-3-1-2-13(8-15)14-9-17-19(18(28)10-14)20(12-4-6-16(27)7-5-12)26-21(25-17)23-11-24-26/h1-9,11,14,19-20,27H,10H2,(H,23,24,25)/t14-,19+,20+/m1/s1. The number of carbonyl (C=O) groups is 1. The first kappa shape index (κ1) is 17.0. The molecule has 0 saturated heterocycles. The topological polar surface area (TPSA) is 80.0 Å². The lowest BCUT2D eigenvalue weighted by Crippen LogP contribution is -2.40. The summed E-state index contributed by atoms with van der Waals surface area (Å²) in [4.78, 5) is 17.6. The number of aromatic nitrogens is 3. The first-order valence-electron chi connectivity index (χ1n) is 9.05. The molecule has 140 valence electrons. The zero-order chi connectivity index (χ0) is 19.3. The van der Waals surface area contributed by atoms with Crippen LogP contribution in [-0.4, -0.2) is 25.7 Å². The molecule has 0 unspecified atom stereocenters. The highest BCUT2D eigenvalue weighted by Crippen LogP contribution is 2.44. The van der Waals surface area contributed by atoms with E-state index in [1.165, 1.54) is 6.33 Å². The van der Waals surface area contributed by atoms with E-state index in [9.17, 15) is 9.90 Å². The fourth-order valence-corrected chi connectivity index (χ4v) is 4.33. The van der Waals surface area contributed by atoms with E-state index >= 15 is 0 Å². The van der Waals surface area contributed by atoms with Crippen molar-refractivity contribution in [3.8, 4) is 5.75 Å². The highest BCUT2D eigenvalue weighted by molar-refractivity contribution is 6.30. The molecule has 7 heteroatoms.